The van der Waals surface area contributed by atoms with E-state index in [9.17, 15) is 14.7 Å². The second-order valence-corrected chi connectivity index (χ2v) is 5.49. The van der Waals surface area contributed by atoms with Crippen LogP contribution in [0, 0.1) is 0 Å². The smallest absolute Gasteiger partial charge is 0.427 e. The van der Waals surface area contributed by atoms with Gasteiger partial charge in [0.25, 0.3) is 0 Å². The molecular weight excluding hydrogens is 296 g/mol. The first-order valence-electron chi connectivity index (χ1n) is 7.76. The van der Waals surface area contributed by atoms with Crippen molar-refractivity contribution in [1.29, 1.82) is 0 Å². The van der Waals surface area contributed by atoms with Gasteiger partial charge in [-0.1, -0.05) is 37.6 Å². The number of hydrazone groups is 1. The van der Waals surface area contributed by atoms with Gasteiger partial charge in [-0.05, 0) is 24.8 Å². The van der Waals surface area contributed by atoms with E-state index < -0.39 is 12.1 Å². The second-order valence-electron chi connectivity index (χ2n) is 5.49. The fraction of sp³-hybridized carbons (Fsp3) is 0.438. The number of hydrogen-bond donors (Lipinski definition) is 3. The number of urea groups is 1. The molecule has 0 bridgehead atoms. The van der Waals surface area contributed by atoms with Crippen LogP contribution in [-0.2, 0) is 0 Å². The van der Waals surface area contributed by atoms with E-state index in [-0.39, 0.29) is 6.04 Å². The van der Waals surface area contributed by atoms with Crippen LogP contribution in [0.25, 0.3) is 0 Å². The number of carbonyl (C=O) groups excluding carboxylic acids is 1. The lowest BCUT2D eigenvalue weighted by Crippen LogP contribution is -2.36. The molecule has 0 aliphatic heterocycles. The Morgan fingerprint density at radius 2 is 2.17 bits per heavy atom. The number of unbranched alkanes of at least 4 members (excludes halogenated alkanes) is 1. The minimum atomic E-state index is -1.05. The summed E-state index contributed by atoms with van der Waals surface area (Å²) in [5, 5.41) is 17.4. The van der Waals surface area contributed by atoms with E-state index in [1.165, 1.54) is 0 Å². The highest BCUT2D eigenvalue weighted by Crippen LogP contribution is 2.30. The van der Waals surface area contributed by atoms with Crippen molar-refractivity contribution in [2.45, 2.75) is 38.6 Å². The Bertz CT molecular complexity index is 615. The summed E-state index contributed by atoms with van der Waals surface area (Å²) in [5.41, 5.74) is 7.72. The van der Waals surface area contributed by atoms with Gasteiger partial charge in [-0.2, -0.15) is 10.1 Å². The number of nitrogens with zero attached hydrogens (tertiary/aromatic N) is 2. The van der Waals surface area contributed by atoms with Crippen molar-refractivity contribution in [2.24, 2.45) is 10.8 Å². The molecular formula is C16H22N4O3. The molecule has 0 heterocycles. The van der Waals surface area contributed by atoms with Gasteiger partial charge in [0.15, 0.2) is 0 Å². The molecule has 23 heavy (non-hydrogen) atoms. The maximum Gasteiger partial charge on any atom is 0.427 e. The average molecular weight is 318 g/mol. The van der Waals surface area contributed by atoms with Crippen molar-refractivity contribution < 1.29 is 14.7 Å². The molecule has 1 aliphatic rings. The molecule has 0 spiro atoms. The molecule has 0 fully saturated rings. The first-order chi connectivity index (χ1) is 11.0. The summed E-state index contributed by atoms with van der Waals surface area (Å²) in [7, 11) is 0. The zero-order valence-corrected chi connectivity index (χ0v) is 13.2. The number of nitrogens with one attached hydrogen (secondary N) is 1. The van der Waals surface area contributed by atoms with Gasteiger partial charge < -0.3 is 16.2 Å². The largest absolute Gasteiger partial charge is 0.464 e. The fourth-order valence-electron chi connectivity index (χ4n) is 2.70. The van der Waals surface area contributed by atoms with Crippen LogP contribution in [0.3, 0.4) is 0 Å². The number of amides is 3. The molecule has 4 N–H and O–H groups in total. The topological polar surface area (TPSA) is 108 Å². The molecule has 3 amide bonds. The Labute approximate surface area is 135 Å². The summed E-state index contributed by atoms with van der Waals surface area (Å²) in [4.78, 5) is 22.5. The SMILES string of the molecule is CCCCN(N=C1CCC(NC(N)=O)c2ccccc21)C(=O)O. The Morgan fingerprint density at radius 3 is 2.83 bits per heavy atom. The van der Waals surface area contributed by atoms with Crippen molar-refractivity contribution in [2.75, 3.05) is 6.54 Å². The lowest BCUT2D eigenvalue weighted by atomic mass is 9.86. The van der Waals surface area contributed by atoms with Crippen LogP contribution in [0.1, 0.15) is 49.8 Å². The van der Waals surface area contributed by atoms with Crippen LogP contribution in [0.4, 0.5) is 9.59 Å². The standard InChI is InChI=1S/C16H22N4O3/c1-2-3-10-20(16(22)23)19-14-9-8-13(18-15(17)21)11-6-4-5-7-12(11)14/h4-7,13H,2-3,8-10H2,1H3,(H,22,23)(H3,17,18,21). The molecule has 1 aliphatic carbocycles. The maximum absolute atomic E-state index is 11.3. The quantitative estimate of drug-likeness (QED) is 0.726. The minimum absolute atomic E-state index is 0.170. The number of nitrogens with two attached hydrogens (primary N) is 1. The van der Waals surface area contributed by atoms with Crippen molar-refractivity contribution in [1.82, 2.24) is 10.3 Å². The van der Waals surface area contributed by atoms with E-state index in [0.717, 1.165) is 34.7 Å². The molecule has 0 aromatic heterocycles. The molecule has 1 aromatic rings. The molecule has 1 unspecified atom stereocenters. The fourth-order valence-corrected chi connectivity index (χ4v) is 2.70. The van der Waals surface area contributed by atoms with Gasteiger partial charge in [0.2, 0.25) is 0 Å². The van der Waals surface area contributed by atoms with Crippen LogP contribution in [0.2, 0.25) is 0 Å². The van der Waals surface area contributed by atoms with E-state index in [2.05, 4.69) is 10.4 Å². The van der Waals surface area contributed by atoms with Gasteiger partial charge in [-0.25, -0.2) is 9.59 Å². The van der Waals surface area contributed by atoms with E-state index in [1.54, 1.807) is 0 Å². The molecule has 124 valence electrons. The van der Waals surface area contributed by atoms with Crippen molar-refractivity contribution in [3.63, 3.8) is 0 Å². The van der Waals surface area contributed by atoms with Gasteiger partial charge >= 0.3 is 12.1 Å². The average Bonchev–Trinajstić information content (AvgIpc) is 2.52. The van der Waals surface area contributed by atoms with E-state index in [4.69, 9.17) is 5.73 Å². The summed E-state index contributed by atoms with van der Waals surface area (Å²) in [6, 6.07) is 6.81. The highest BCUT2D eigenvalue weighted by atomic mass is 16.4. The van der Waals surface area contributed by atoms with Crippen LogP contribution in [-0.4, -0.2) is 34.5 Å². The second kappa shape index (κ2) is 7.62. The lowest BCUT2D eigenvalue weighted by Gasteiger charge is -2.27. The third-order valence-corrected chi connectivity index (χ3v) is 3.82. The van der Waals surface area contributed by atoms with Crippen LogP contribution in [0.15, 0.2) is 29.4 Å². The maximum atomic E-state index is 11.3. The molecule has 0 saturated heterocycles. The molecule has 7 nitrogen and oxygen atoms in total. The molecule has 7 heteroatoms. The normalized spacial score (nSPS) is 18.3. The zero-order valence-electron chi connectivity index (χ0n) is 13.2. The summed E-state index contributed by atoms with van der Waals surface area (Å²) in [5.74, 6) is 0. The molecule has 1 aromatic carbocycles. The van der Waals surface area contributed by atoms with E-state index >= 15 is 0 Å². The highest BCUT2D eigenvalue weighted by Gasteiger charge is 2.26. The Balaban J connectivity index is 2.31. The van der Waals surface area contributed by atoms with Crippen LogP contribution < -0.4 is 11.1 Å². The Kier molecular flexibility index (Phi) is 5.56. The Morgan fingerprint density at radius 1 is 1.43 bits per heavy atom. The molecule has 0 saturated carbocycles. The van der Waals surface area contributed by atoms with Gasteiger partial charge in [-0.3, -0.25) is 0 Å². The highest BCUT2D eigenvalue weighted by molar-refractivity contribution is 6.03. The van der Waals surface area contributed by atoms with Crippen molar-refractivity contribution in [3.05, 3.63) is 35.4 Å². The Hall–Kier alpha value is -2.57. The number of hydrogen-bond acceptors (Lipinski definition) is 3. The number of benzene rings is 1. The monoisotopic (exact) mass is 318 g/mol. The predicted octanol–water partition coefficient (Wildman–Crippen LogP) is 2.67. The number of carbonyl (C=O) groups is 2. The molecule has 1 atom stereocenters. The predicted molar refractivity (Wildman–Crippen MR) is 87.3 cm³/mol. The van der Waals surface area contributed by atoms with E-state index in [1.807, 2.05) is 31.2 Å². The molecule has 0 radical (unpaired) electrons. The third kappa shape index (κ3) is 4.21. The third-order valence-electron chi connectivity index (χ3n) is 3.82. The van der Waals surface area contributed by atoms with Gasteiger partial charge in [0.05, 0.1) is 11.8 Å². The van der Waals surface area contributed by atoms with E-state index in [0.29, 0.717) is 19.4 Å². The number of carboxylic acid groups (broad SMARTS) is 1. The lowest BCUT2D eigenvalue weighted by molar-refractivity contribution is 0.146. The number of rotatable bonds is 5. The number of primary amides is 1. The zero-order chi connectivity index (χ0) is 16.8. The summed E-state index contributed by atoms with van der Waals surface area (Å²) >= 11 is 0. The van der Waals surface area contributed by atoms with Crippen molar-refractivity contribution in [3.8, 4) is 0 Å². The minimum Gasteiger partial charge on any atom is -0.464 e. The summed E-state index contributed by atoms with van der Waals surface area (Å²) < 4.78 is 0. The first-order valence-corrected chi connectivity index (χ1v) is 7.76. The van der Waals surface area contributed by atoms with Gasteiger partial charge in [-0.15, -0.1) is 0 Å². The van der Waals surface area contributed by atoms with Crippen LogP contribution >= 0.6 is 0 Å². The van der Waals surface area contributed by atoms with Gasteiger partial charge in [0, 0.05) is 12.1 Å². The molecule has 2 rings (SSSR count). The van der Waals surface area contributed by atoms with Crippen molar-refractivity contribution >= 4 is 17.8 Å². The first kappa shape index (κ1) is 16.8. The number of fused-ring (bicyclic) bond motifs is 1. The van der Waals surface area contributed by atoms with Gasteiger partial charge in [0.1, 0.15) is 0 Å². The summed E-state index contributed by atoms with van der Waals surface area (Å²) in [6.07, 6.45) is 1.82. The van der Waals surface area contributed by atoms with Crippen LogP contribution in [0.5, 0.6) is 0 Å². The summed E-state index contributed by atoms with van der Waals surface area (Å²) in [6.45, 7) is 2.38.